The first-order chi connectivity index (χ1) is 12.0. The molecule has 0 spiro atoms. The first-order valence-corrected chi connectivity index (χ1v) is 7.77. The molecule has 3 rings (SSSR count). The van der Waals surface area contributed by atoms with Crippen LogP contribution in [0.15, 0.2) is 54.7 Å². The molecule has 0 bridgehead atoms. The SMILES string of the molecule is O=C([O-])C(Cc1c[nH]c2ccccc12)NCc1ccc([N+](=O)[O-])cc1. The predicted octanol–water partition coefficient (Wildman–Crippen LogP) is 1.53. The number of H-pyrrole nitrogens is 1. The Morgan fingerprint density at radius 2 is 1.88 bits per heavy atom. The topological polar surface area (TPSA) is 111 Å². The van der Waals surface area contributed by atoms with Crippen LogP contribution in [0.2, 0.25) is 0 Å². The third-order valence-corrected chi connectivity index (χ3v) is 4.08. The van der Waals surface area contributed by atoms with E-state index in [0.29, 0.717) is 0 Å². The van der Waals surface area contributed by atoms with Crippen molar-refractivity contribution in [3.8, 4) is 0 Å². The van der Waals surface area contributed by atoms with Gasteiger partial charge in [0.1, 0.15) is 0 Å². The van der Waals surface area contributed by atoms with Crippen LogP contribution in [0.5, 0.6) is 0 Å². The molecule has 1 aromatic heterocycles. The number of benzene rings is 2. The van der Waals surface area contributed by atoms with Gasteiger partial charge in [-0.15, -0.1) is 0 Å². The maximum absolute atomic E-state index is 11.5. The summed E-state index contributed by atoms with van der Waals surface area (Å²) < 4.78 is 0. The summed E-state index contributed by atoms with van der Waals surface area (Å²) >= 11 is 0. The quantitative estimate of drug-likeness (QED) is 0.501. The molecule has 7 nitrogen and oxygen atoms in total. The lowest BCUT2D eigenvalue weighted by molar-refractivity contribution is -0.384. The highest BCUT2D eigenvalue weighted by Crippen LogP contribution is 2.19. The summed E-state index contributed by atoms with van der Waals surface area (Å²) in [5.74, 6) is -1.19. The van der Waals surface area contributed by atoms with Crippen LogP contribution >= 0.6 is 0 Å². The molecule has 1 unspecified atom stereocenters. The Bertz CT molecular complexity index is 902. The van der Waals surface area contributed by atoms with Crippen molar-refractivity contribution >= 4 is 22.6 Å². The number of carboxylic acid groups (broad SMARTS) is 1. The van der Waals surface area contributed by atoms with Crippen LogP contribution < -0.4 is 10.4 Å². The molecule has 128 valence electrons. The fourth-order valence-electron chi connectivity index (χ4n) is 2.74. The number of fused-ring (bicyclic) bond motifs is 1. The summed E-state index contributed by atoms with van der Waals surface area (Å²) in [7, 11) is 0. The van der Waals surface area contributed by atoms with Crippen molar-refractivity contribution in [2.75, 3.05) is 0 Å². The molecule has 2 aromatic carbocycles. The monoisotopic (exact) mass is 338 g/mol. The highest BCUT2D eigenvalue weighted by Gasteiger charge is 2.14. The second-order valence-corrected chi connectivity index (χ2v) is 5.74. The van der Waals surface area contributed by atoms with Gasteiger partial charge in [-0.05, 0) is 23.6 Å². The van der Waals surface area contributed by atoms with Gasteiger partial charge in [-0.1, -0.05) is 30.3 Å². The number of non-ortho nitro benzene ring substituents is 1. The molecule has 0 aliphatic heterocycles. The van der Waals surface area contributed by atoms with Gasteiger partial charge in [-0.2, -0.15) is 0 Å². The zero-order valence-electron chi connectivity index (χ0n) is 13.3. The Morgan fingerprint density at radius 1 is 1.16 bits per heavy atom. The molecule has 1 atom stereocenters. The molecule has 0 fully saturated rings. The van der Waals surface area contributed by atoms with Crippen LogP contribution in [0.25, 0.3) is 10.9 Å². The molecule has 0 aliphatic rings. The van der Waals surface area contributed by atoms with E-state index in [2.05, 4.69) is 10.3 Å². The smallest absolute Gasteiger partial charge is 0.269 e. The summed E-state index contributed by atoms with van der Waals surface area (Å²) in [6.07, 6.45) is 2.08. The van der Waals surface area contributed by atoms with E-state index in [1.165, 1.54) is 12.1 Å². The maximum atomic E-state index is 11.5. The molecule has 0 saturated carbocycles. The van der Waals surface area contributed by atoms with Crippen LogP contribution in [0.1, 0.15) is 11.1 Å². The highest BCUT2D eigenvalue weighted by molar-refractivity contribution is 5.84. The van der Waals surface area contributed by atoms with Crippen molar-refractivity contribution in [2.45, 2.75) is 19.0 Å². The van der Waals surface area contributed by atoms with E-state index in [1.54, 1.807) is 18.3 Å². The average Bonchev–Trinajstić information content (AvgIpc) is 3.01. The minimum atomic E-state index is -1.19. The number of carbonyl (C=O) groups is 1. The number of hydrogen-bond acceptors (Lipinski definition) is 5. The van der Waals surface area contributed by atoms with Gasteiger partial charge in [-0.25, -0.2) is 0 Å². The van der Waals surface area contributed by atoms with Crippen LogP contribution in [-0.2, 0) is 17.8 Å². The molecule has 0 aliphatic carbocycles. The third kappa shape index (κ3) is 3.84. The van der Waals surface area contributed by atoms with Gasteiger partial charge in [0.05, 0.1) is 16.9 Å². The van der Waals surface area contributed by atoms with Crippen LogP contribution in [0.4, 0.5) is 5.69 Å². The summed E-state index contributed by atoms with van der Waals surface area (Å²) in [5, 5.41) is 26.0. The van der Waals surface area contributed by atoms with Gasteiger partial charge in [0, 0.05) is 35.8 Å². The molecule has 25 heavy (non-hydrogen) atoms. The Morgan fingerprint density at radius 3 is 2.56 bits per heavy atom. The number of nitrogens with zero attached hydrogens (tertiary/aromatic N) is 1. The molecule has 3 aromatic rings. The number of hydrogen-bond donors (Lipinski definition) is 2. The van der Waals surface area contributed by atoms with Gasteiger partial charge in [-0.3, -0.25) is 10.1 Å². The molecule has 1 heterocycles. The van der Waals surface area contributed by atoms with Crippen molar-refractivity contribution in [3.63, 3.8) is 0 Å². The largest absolute Gasteiger partial charge is 0.548 e. The van der Waals surface area contributed by atoms with Gasteiger partial charge in [0.2, 0.25) is 0 Å². The van der Waals surface area contributed by atoms with Gasteiger partial charge < -0.3 is 20.2 Å². The van der Waals surface area contributed by atoms with E-state index in [9.17, 15) is 20.0 Å². The number of aromatic amines is 1. The van der Waals surface area contributed by atoms with Crippen LogP contribution in [0, 0.1) is 10.1 Å². The Kier molecular flexibility index (Phi) is 4.76. The maximum Gasteiger partial charge on any atom is 0.269 e. The Labute approximate surface area is 143 Å². The fraction of sp³-hybridized carbons (Fsp3) is 0.167. The number of carbonyl (C=O) groups excluding carboxylic acids is 1. The van der Waals surface area contributed by atoms with E-state index in [-0.39, 0.29) is 18.7 Å². The first-order valence-electron chi connectivity index (χ1n) is 7.77. The number of nitro benzene ring substituents is 1. The number of carboxylic acids is 1. The first kappa shape index (κ1) is 16.7. The zero-order valence-corrected chi connectivity index (χ0v) is 13.3. The normalized spacial score (nSPS) is 12.2. The number of nitro groups is 1. The third-order valence-electron chi connectivity index (χ3n) is 4.08. The molecule has 0 amide bonds. The van der Waals surface area contributed by atoms with E-state index in [1.807, 2.05) is 24.3 Å². The molecular weight excluding hydrogens is 322 g/mol. The molecule has 0 radical (unpaired) electrons. The van der Waals surface area contributed by atoms with Crippen LogP contribution in [0.3, 0.4) is 0 Å². The number of nitrogens with one attached hydrogen (secondary N) is 2. The number of aliphatic carboxylic acids is 1. The van der Waals surface area contributed by atoms with Crippen LogP contribution in [-0.4, -0.2) is 21.9 Å². The van der Waals surface area contributed by atoms with Crippen molar-refractivity contribution in [3.05, 3.63) is 76.0 Å². The predicted molar refractivity (Wildman–Crippen MR) is 90.7 cm³/mol. The number of para-hydroxylation sites is 1. The lowest BCUT2D eigenvalue weighted by Crippen LogP contribution is -2.46. The van der Waals surface area contributed by atoms with Crippen molar-refractivity contribution < 1.29 is 14.8 Å². The van der Waals surface area contributed by atoms with E-state index in [4.69, 9.17) is 0 Å². The van der Waals surface area contributed by atoms with Gasteiger partial charge in [0.25, 0.3) is 5.69 Å². The second kappa shape index (κ2) is 7.14. The fourth-order valence-corrected chi connectivity index (χ4v) is 2.74. The molecular formula is C18H16N3O4-. The molecule has 0 saturated heterocycles. The molecule has 2 N–H and O–H groups in total. The van der Waals surface area contributed by atoms with E-state index >= 15 is 0 Å². The summed E-state index contributed by atoms with van der Waals surface area (Å²) in [4.78, 5) is 24.8. The van der Waals surface area contributed by atoms with E-state index in [0.717, 1.165) is 22.0 Å². The average molecular weight is 338 g/mol. The second-order valence-electron chi connectivity index (χ2n) is 5.74. The van der Waals surface area contributed by atoms with E-state index < -0.39 is 16.9 Å². The lowest BCUT2D eigenvalue weighted by atomic mass is 10.0. The van der Waals surface area contributed by atoms with Gasteiger partial charge in [0.15, 0.2) is 0 Å². The Hall–Kier alpha value is -3.19. The number of rotatable bonds is 7. The highest BCUT2D eigenvalue weighted by atomic mass is 16.6. The standard InChI is InChI=1S/C18H17N3O4/c22-18(23)17(9-13-11-20-16-4-2-1-3-15(13)16)19-10-12-5-7-14(8-6-12)21(24)25/h1-8,11,17,19-20H,9-10H2,(H,22,23)/p-1. The zero-order chi connectivity index (χ0) is 17.8. The summed E-state index contributed by atoms with van der Waals surface area (Å²) in [6.45, 7) is 0.277. The molecule has 7 heteroatoms. The minimum Gasteiger partial charge on any atom is -0.548 e. The summed E-state index contributed by atoms with van der Waals surface area (Å²) in [6, 6.07) is 12.8. The Balaban J connectivity index is 1.69. The van der Waals surface area contributed by atoms with Gasteiger partial charge >= 0.3 is 0 Å². The minimum absolute atomic E-state index is 0.000932. The summed E-state index contributed by atoms with van der Waals surface area (Å²) in [5.41, 5.74) is 2.60. The van der Waals surface area contributed by atoms with Crippen molar-refractivity contribution in [2.24, 2.45) is 0 Å². The van der Waals surface area contributed by atoms with Crippen molar-refractivity contribution in [1.82, 2.24) is 10.3 Å². The number of aromatic nitrogens is 1. The lowest BCUT2D eigenvalue weighted by Gasteiger charge is -2.19. The van der Waals surface area contributed by atoms with Crippen molar-refractivity contribution in [1.29, 1.82) is 0 Å².